The Morgan fingerprint density at radius 2 is 2.18 bits per heavy atom. The van der Waals surface area contributed by atoms with Gasteiger partial charge in [0, 0.05) is 26.8 Å². The number of aromatic hydroxyl groups is 1. The van der Waals surface area contributed by atoms with E-state index in [-0.39, 0.29) is 12.3 Å². The summed E-state index contributed by atoms with van der Waals surface area (Å²) in [6, 6.07) is 5.98. The molecule has 0 aromatic heterocycles. The fraction of sp³-hybridized carbons (Fsp3) is 0.538. The summed E-state index contributed by atoms with van der Waals surface area (Å²) in [7, 11) is 3.26. The number of ether oxygens (including phenoxy) is 2. The van der Waals surface area contributed by atoms with Gasteiger partial charge in [-0.25, -0.2) is 0 Å². The Hall–Kier alpha value is -1.10. The van der Waals surface area contributed by atoms with Crippen molar-refractivity contribution < 1.29 is 14.6 Å². The van der Waals surface area contributed by atoms with E-state index >= 15 is 0 Å². The minimum atomic E-state index is -0.226. The predicted octanol–water partition coefficient (Wildman–Crippen LogP) is 1.59. The number of hydrogen-bond donors (Lipinski definition) is 2. The number of phenols is 1. The summed E-state index contributed by atoms with van der Waals surface area (Å²) in [5.41, 5.74) is 2.26. The van der Waals surface area contributed by atoms with Gasteiger partial charge < -0.3 is 19.9 Å². The van der Waals surface area contributed by atoms with Crippen LogP contribution in [0.4, 0.5) is 0 Å². The largest absolute Gasteiger partial charge is 0.508 e. The monoisotopic (exact) mass is 237 g/mol. The Balaban J connectivity index is 2.00. The van der Waals surface area contributed by atoms with E-state index in [0.717, 1.165) is 18.4 Å². The van der Waals surface area contributed by atoms with E-state index < -0.39 is 0 Å². The zero-order valence-corrected chi connectivity index (χ0v) is 10.3. The molecule has 2 rings (SSSR count). The maximum absolute atomic E-state index is 9.74. The van der Waals surface area contributed by atoms with E-state index in [0.29, 0.717) is 12.3 Å². The number of methoxy groups -OCH3 is 2. The highest BCUT2D eigenvalue weighted by atomic mass is 16.7. The van der Waals surface area contributed by atoms with Crippen LogP contribution in [0, 0.1) is 0 Å². The smallest absolute Gasteiger partial charge is 0.169 e. The highest BCUT2D eigenvalue weighted by Gasteiger charge is 2.24. The van der Waals surface area contributed by atoms with E-state index in [1.165, 1.54) is 5.56 Å². The van der Waals surface area contributed by atoms with Gasteiger partial charge in [-0.1, -0.05) is 12.1 Å². The molecule has 0 saturated heterocycles. The number of fused-ring (bicyclic) bond motifs is 1. The summed E-state index contributed by atoms with van der Waals surface area (Å²) in [5.74, 6) is 0.404. The average Bonchev–Trinajstić information content (AvgIpc) is 2.75. The first-order valence-electron chi connectivity index (χ1n) is 5.86. The molecule has 0 saturated carbocycles. The molecule has 1 aliphatic rings. The molecule has 0 spiro atoms. The molecule has 4 nitrogen and oxygen atoms in total. The van der Waals surface area contributed by atoms with Crippen LogP contribution in [-0.2, 0) is 15.9 Å². The summed E-state index contributed by atoms with van der Waals surface area (Å²) in [6.07, 6.45) is 1.70. The standard InChI is InChI=1S/C13H19NO3/c1-16-13(17-2)8-14-11-7-6-10-9(11)4-3-5-12(10)15/h3-5,11,13-15H,6-8H2,1-2H3. The van der Waals surface area contributed by atoms with E-state index in [1.54, 1.807) is 20.3 Å². The molecule has 0 heterocycles. The highest BCUT2D eigenvalue weighted by Crippen LogP contribution is 2.36. The van der Waals surface area contributed by atoms with Gasteiger partial charge in [-0.05, 0) is 30.0 Å². The van der Waals surface area contributed by atoms with E-state index in [4.69, 9.17) is 9.47 Å². The van der Waals surface area contributed by atoms with Gasteiger partial charge in [0.25, 0.3) is 0 Å². The molecule has 0 amide bonds. The zero-order valence-electron chi connectivity index (χ0n) is 10.3. The van der Waals surface area contributed by atoms with Gasteiger partial charge in [0.1, 0.15) is 5.75 Å². The van der Waals surface area contributed by atoms with Crippen LogP contribution < -0.4 is 5.32 Å². The second kappa shape index (κ2) is 5.49. The van der Waals surface area contributed by atoms with E-state index in [9.17, 15) is 5.11 Å². The molecule has 4 heteroatoms. The van der Waals surface area contributed by atoms with Crippen molar-refractivity contribution in [3.63, 3.8) is 0 Å². The SMILES string of the molecule is COC(CNC1CCc2c(O)cccc21)OC. The Bertz CT molecular complexity index is 377. The van der Waals surface area contributed by atoms with Crippen molar-refractivity contribution in [3.8, 4) is 5.75 Å². The Labute approximate surface area is 102 Å². The lowest BCUT2D eigenvalue weighted by molar-refractivity contribution is -0.0999. The molecule has 1 unspecified atom stereocenters. The van der Waals surface area contributed by atoms with Crippen LogP contribution >= 0.6 is 0 Å². The third-order valence-corrected chi connectivity index (χ3v) is 3.30. The van der Waals surface area contributed by atoms with Crippen molar-refractivity contribution in [2.24, 2.45) is 0 Å². The van der Waals surface area contributed by atoms with Crippen molar-refractivity contribution in [2.75, 3.05) is 20.8 Å². The van der Waals surface area contributed by atoms with Crippen molar-refractivity contribution in [1.82, 2.24) is 5.32 Å². The van der Waals surface area contributed by atoms with E-state index in [1.807, 2.05) is 6.07 Å². The van der Waals surface area contributed by atoms with Crippen molar-refractivity contribution >= 4 is 0 Å². The first-order valence-corrected chi connectivity index (χ1v) is 5.86. The quantitative estimate of drug-likeness (QED) is 0.764. The lowest BCUT2D eigenvalue weighted by atomic mass is 10.1. The van der Waals surface area contributed by atoms with Gasteiger partial charge in [-0.2, -0.15) is 0 Å². The van der Waals surface area contributed by atoms with Crippen LogP contribution in [0.3, 0.4) is 0 Å². The second-order valence-corrected chi connectivity index (χ2v) is 4.25. The maximum Gasteiger partial charge on any atom is 0.169 e. The van der Waals surface area contributed by atoms with Gasteiger partial charge >= 0.3 is 0 Å². The lowest BCUT2D eigenvalue weighted by Gasteiger charge is -2.18. The number of phenolic OH excluding ortho intramolecular Hbond substituents is 1. The molecular formula is C13H19NO3. The zero-order chi connectivity index (χ0) is 12.3. The van der Waals surface area contributed by atoms with Crippen LogP contribution in [0.15, 0.2) is 18.2 Å². The van der Waals surface area contributed by atoms with Gasteiger partial charge in [-0.15, -0.1) is 0 Å². The summed E-state index contributed by atoms with van der Waals surface area (Å²) in [5, 5.41) is 13.1. The van der Waals surface area contributed by atoms with E-state index in [2.05, 4.69) is 11.4 Å². The number of hydrogen-bond acceptors (Lipinski definition) is 4. The Morgan fingerprint density at radius 1 is 1.41 bits per heavy atom. The van der Waals surface area contributed by atoms with Crippen LogP contribution in [0.25, 0.3) is 0 Å². The van der Waals surface area contributed by atoms with Gasteiger partial charge in [0.15, 0.2) is 6.29 Å². The first kappa shape index (κ1) is 12.4. The number of nitrogens with one attached hydrogen (secondary N) is 1. The topological polar surface area (TPSA) is 50.7 Å². The fourth-order valence-corrected chi connectivity index (χ4v) is 2.35. The highest BCUT2D eigenvalue weighted by molar-refractivity contribution is 5.44. The minimum Gasteiger partial charge on any atom is -0.508 e. The second-order valence-electron chi connectivity index (χ2n) is 4.25. The van der Waals surface area contributed by atoms with Crippen LogP contribution in [0.2, 0.25) is 0 Å². The Kier molecular flexibility index (Phi) is 3.99. The summed E-state index contributed by atoms with van der Waals surface area (Å²) < 4.78 is 10.3. The molecule has 0 bridgehead atoms. The molecule has 0 radical (unpaired) electrons. The molecule has 1 aromatic rings. The number of rotatable bonds is 5. The predicted molar refractivity (Wildman–Crippen MR) is 65.0 cm³/mol. The molecule has 1 atom stereocenters. The molecule has 2 N–H and O–H groups in total. The summed E-state index contributed by atoms with van der Waals surface area (Å²) in [4.78, 5) is 0. The third-order valence-electron chi connectivity index (χ3n) is 3.30. The van der Waals surface area contributed by atoms with Gasteiger partial charge in [0.05, 0.1) is 0 Å². The van der Waals surface area contributed by atoms with Crippen LogP contribution in [0.5, 0.6) is 5.75 Å². The fourth-order valence-electron chi connectivity index (χ4n) is 2.35. The summed E-state index contributed by atoms with van der Waals surface area (Å²) >= 11 is 0. The van der Waals surface area contributed by atoms with Crippen molar-refractivity contribution in [3.05, 3.63) is 29.3 Å². The Morgan fingerprint density at radius 3 is 2.88 bits per heavy atom. The van der Waals surface area contributed by atoms with Crippen LogP contribution in [-0.4, -0.2) is 32.2 Å². The molecule has 17 heavy (non-hydrogen) atoms. The lowest BCUT2D eigenvalue weighted by Crippen LogP contribution is -2.31. The van der Waals surface area contributed by atoms with Crippen LogP contribution in [0.1, 0.15) is 23.6 Å². The summed E-state index contributed by atoms with van der Waals surface area (Å²) in [6.45, 7) is 0.646. The molecule has 0 fully saturated rings. The molecule has 1 aliphatic carbocycles. The molecule has 0 aliphatic heterocycles. The van der Waals surface area contributed by atoms with Gasteiger partial charge in [0.2, 0.25) is 0 Å². The third kappa shape index (κ3) is 2.60. The van der Waals surface area contributed by atoms with Gasteiger partial charge in [-0.3, -0.25) is 0 Å². The van der Waals surface area contributed by atoms with Crippen molar-refractivity contribution in [1.29, 1.82) is 0 Å². The molecular weight excluding hydrogens is 218 g/mol. The molecule has 94 valence electrons. The van der Waals surface area contributed by atoms with Crippen molar-refractivity contribution in [2.45, 2.75) is 25.2 Å². The first-order chi connectivity index (χ1) is 8.26. The minimum absolute atomic E-state index is 0.226. The normalized spacial score (nSPS) is 18.6. The maximum atomic E-state index is 9.74. The number of benzene rings is 1. The molecule has 1 aromatic carbocycles. The average molecular weight is 237 g/mol.